The quantitative estimate of drug-likeness (QED) is 0.789. The summed E-state index contributed by atoms with van der Waals surface area (Å²) in [4.78, 5) is 5.78. The van der Waals surface area contributed by atoms with Crippen LogP contribution in [0.25, 0.3) is 5.70 Å². The molecule has 0 N–H and O–H groups in total. The second kappa shape index (κ2) is 6.99. The van der Waals surface area contributed by atoms with Crippen molar-refractivity contribution >= 4 is 17.3 Å². The van der Waals surface area contributed by atoms with Crippen molar-refractivity contribution in [2.24, 2.45) is 0 Å². The van der Waals surface area contributed by atoms with Gasteiger partial charge in [0.25, 0.3) is 0 Å². The van der Waals surface area contributed by atoms with Crippen molar-refractivity contribution in [2.75, 3.05) is 33.4 Å². The number of nitrogens with zero attached hydrogens (tertiary/aromatic N) is 2. The maximum absolute atomic E-state index is 13.6. The van der Waals surface area contributed by atoms with Gasteiger partial charge in [-0.3, -0.25) is 0 Å². The molecule has 124 valence electrons. The van der Waals surface area contributed by atoms with Crippen LogP contribution in [0.5, 0.6) is 0 Å². The number of ether oxygens (including phenoxy) is 2. The van der Waals surface area contributed by atoms with E-state index >= 15 is 0 Å². The molecule has 0 aromatic carbocycles. The first kappa shape index (κ1) is 16.4. The van der Waals surface area contributed by atoms with Crippen molar-refractivity contribution in [1.82, 2.24) is 9.88 Å². The summed E-state index contributed by atoms with van der Waals surface area (Å²) in [6, 6.07) is 1.38. The van der Waals surface area contributed by atoms with Gasteiger partial charge in [-0.15, -0.1) is 0 Å². The SMILES string of the molecule is COC1(CN2CC=CC=C2c2cc(F)ncc2Cl)CCOCC1. The highest BCUT2D eigenvalue weighted by Gasteiger charge is 2.35. The first-order valence-corrected chi connectivity index (χ1v) is 8.07. The van der Waals surface area contributed by atoms with E-state index in [9.17, 15) is 4.39 Å². The Morgan fingerprint density at radius 1 is 1.43 bits per heavy atom. The summed E-state index contributed by atoms with van der Waals surface area (Å²) in [7, 11) is 1.74. The Hall–Kier alpha value is -1.43. The smallest absolute Gasteiger partial charge is 0.213 e. The topological polar surface area (TPSA) is 34.6 Å². The Bertz CT molecular complexity index is 627. The molecular formula is C17H20ClFN2O2. The summed E-state index contributed by atoms with van der Waals surface area (Å²) in [6.45, 7) is 2.84. The standard InChI is InChI=1S/C17H20ClFN2O2/c1-22-17(5-8-23-9-6-17)12-21-7-3-2-4-15(21)13-10-16(19)20-11-14(13)18/h2-4,10-11H,5-9,12H2,1H3. The van der Waals surface area contributed by atoms with Gasteiger partial charge in [-0.25, -0.2) is 4.98 Å². The molecule has 0 aliphatic carbocycles. The van der Waals surface area contributed by atoms with Crippen LogP contribution in [0.3, 0.4) is 0 Å². The monoisotopic (exact) mass is 338 g/mol. The molecule has 0 saturated carbocycles. The van der Waals surface area contributed by atoms with Crippen LogP contribution in [-0.2, 0) is 9.47 Å². The average Bonchev–Trinajstić information content (AvgIpc) is 2.58. The first-order chi connectivity index (χ1) is 11.1. The van der Waals surface area contributed by atoms with Crippen LogP contribution in [0.4, 0.5) is 4.39 Å². The van der Waals surface area contributed by atoms with E-state index in [1.807, 2.05) is 12.2 Å². The molecule has 23 heavy (non-hydrogen) atoms. The lowest BCUT2D eigenvalue weighted by atomic mass is 9.92. The van der Waals surface area contributed by atoms with Crippen molar-refractivity contribution in [3.63, 3.8) is 0 Å². The molecule has 4 nitrogen and oxygen atoms in total. The largest absolute Gasteiger partial charge is 0.381 e. The normalized spacial score (nSPS) is 20.5. The van der Waals surface area contributed by atoms with Crippen molar-refractivity contribution < 1.29 is 13.9 Å². The predicted octanol–water partition coefficient (Wildman–Crippen LogP) is 3.28. The minimum absolute atomic E-state index is 0.249. The Morgan fingerprint density at radius 2 is 2.22 bits per heavy atom. The zero-order valence-electron chi connectivity index (χ0n) is 13.1. The molecule has 2 aliphatic heterocycles. The summed E-state index contributed by atoms with van der Waals surface area (Å²) in [5.41, 5.74) is 1.30. The Kier molecular flexibility index (Phi) is 4.99. The fraction of sp³-hybridized carbons (Fsp3) is 0.471. The molecule has 1 aromatic heterocycles. The maximum Gasteiger partial charge on any atom is 0.213 e. The molecule has 0 atom stereocenters. The van der Waals surface area contributed by atoms with Gasteiger partial charge in [0.2, 0.25) is 5.95 Å². The van der Waals surface area contributed by atoms with Gasteiger partial charge in [0, 0.05) is 69.8 Å². The van der Waals surface area contributed by atoms with Gasteiger partial charge in [-0.05, 0) is 6.08 Å². The van der Waals surface area contributed by atoms with E-state index in [4.69, 9.17) is 21.1 Å². The second-order valence-corrected chi connectivity index (χ2v) is 6.25. The van der Waals surface area contributed by atoms with Gasteiger partial charge in [0.15, 0.2) is 0 Å². The number of hydrogen-bond acceptors (Lipinski definition) is 4. The molecule has 3 heterocycles. The first-order valence-electron chi connectivity index (χ1n) is 7.70. The summed E-state index contributed by atoms with van der Waals surface area (Å²) in [5, 5.41) is 0.441. The summed E-state index contributed by atoms with van der Waals surface area (Å²) >= 11 is 6.23. The molecule has 2 aliphatic rings. The van der Waals surface area contributed by atoms with Gasteiger partial charge in [-0.1, -0.05) is 23.8 Å². The Morgan fingerprint density at radius 3 is 2.96 bits per heavy atom. The molecule has 0 unspecified atom stereocenters. The minimum Gasteiger partial charge on any atom is -0.381 e. The van der Waals surface area contributed by atoms with Gasteiger partial charge >= 0.3 is 0 Å². The highest BCUT2D eigenvalue weighted by atomic mass is 35.5. The summed E-state index contributed by atoms with van der Waals surface area (Å²) in [5.74, 6) is -0.535. The average molecular weight is 339 g/mol. The zero-order chi connectivity index (χ0) is 16.3. The van der Waals surface area contributed by atoms with E-state index in [1.54, 1.807) is 7.11 Å². The molecule has 0 bridgehead atoms. The molecule has 6 heteroatoms. The van der Waals surface area contributed by atoms with Gasteiger partial charge in [0.1, 0.15) is 0 Å². The van der Waals surface area contributed by atoms with Crippen LogP contribution >= 0.6 is 11.6 Å². The van der Waals surface area contributed by atoms with Crippen LogP contribution in [0, 0.1) is 5.95 Å². The van der Waals surface area contributed by atoms with E-state index in [0.29, 0.717) is 30.3 Å². The molecule has 0 radical (unpaired) electrons. The predicted molar refractivity (Wildman–Crippen MR) is 87.7 cm³/mol. The lowest BCUT2D eigenvalue weighted by Crippen LogP contribution is -2.48. The highest BCUT2D eigenvalue weighted by molar-refractivity contribution is 6.32. The lowest BCUT2D eigenvalue weighted by molar-refractivity contribution is -0.0976. The van der Waals surface area contributed by atoms with Gasteiger partial charge in [-0.2, -0.15) is 4.39 Å². The second-order valence-electron chi connectivity index (χ2n) is 5.85. The minimum atomic E-state index is -0.535. The van der Waals surface area contributed by atoms with Crippen molar-refractivity contribution in [2.45, 2.75) is 18.4 Å². The van der Waals surface area contributed by atoms with E-state index in [0.717, 1.165) is 25.1 Å². The lowest BCUT2D eigenvalue weighted by Gasteiger charge is -2.41. The van der Waals surface area contributed by atoms with Crippen molar-refractivity contribution in [1.29, 1.82) is 0 Å². The van der Waals surface area contributed by atoms with Crippen molar-refractivity contribution in [3.05, 3.63) is 47.0 Å². The Labute approximate surface area is 140 Å². The van der Waals surface area contributed by atoms with Gasteiger partial charge in [0.05, 0.1) is 10.6 Å². The fourth-order valence-corrected chi connectivity index (χ4v) is 3.29. The fourth-order valence-electron chi connectivity index (χ4n) is 3.09. The molecular weight excluding hydrogens is 319 g/mol. The van der Waals surface area contributed by atoms with Crippen LogP contribution in [0.2, 0.25) is 5.02 Å². The van der Waals surface area contributed by atoms with E-state index in [2.05, 4.69) is 16.0 Å². The number of halogens is 2. The molecule has 1 aromatic rings. The number of pyridine rings is 1. The zero-order valence-corrected chi connectivity index (χ0v) is 13.9. The van der Waals surface area contributed by atoms with Gasteiger partial charge < -0.3 is 14.4 Å². The van der Waals surface area contributed by atoms with Crippen molar-refractivity contribution in [3.8, 4) is 0 Å². The molecule has 1 saturated heterocycles. The van der Waals surface area contributed by atoms with Crippen LogP contribution in [-0.4, -0.2) is 48.9 Å². The molecule has 3 rings (SSSR count). The highest BCUT2D eigenvalue weighted by Crippen LogP contribution is 2.33. The summed E-state index contributed by atoms with van der Waals surface area (Å²) in [6.07, 6.45) is 9.02. The third-order valence-electron chi connectivity index (χ3n) is 4.47. The third kappa shape index (κ3) is 3.57. The number of aromatic nitrogens is 1. The summed E-state index contributed by atoms with van der Waals surface area (Å²) < 4.78 is 24.8. The molecule has 1 fully saturated rings. The Balaban J connectivity index is 1.88. The number of hydrogen-bond donors (Lipinski definition) is 0. The molecule has 0 amide bonds. The van der Waals surface area contributed by atoms with E-state index in [1.165, 1.54) is 12.3 Å². The van der Waals surface area contributed by atoms with E-state index in [-0.39, 0.29) is 5.60 Å². The number of methoxy groups -OCH3 is 1. The third-order valence-corrected chi connectivity index (χ3v) is 4.77. The maximum atomic E-state index is 13.6. The van der Waals surface area contributed by atoms with Crippen LogP contribution < -0.4 is 0 Å². The molecule has 0 spiro atoms. The van der Waals surface area contributed by atoms with Crippen LogP contribution in [0.1, 0.15) is 18.4 Å². The number of allylic oxidation sites excluding steroid dienone is 2. The number of rotatable bonds is 4. The van der Waals surface area contributed by atoms with Crippen LogP contribution in [0.15, 0.2) is 30.5 Å². The van der Waals surface area contributed by atoms with E-state index < -0.39 is 5.95 Å².